The first-order valence-electron chi connectivity index (χ1n) is 18.5. The molecule has 0 fully saturated rings. The third kappa shape index (κ3) is 16.7. The number of carboxylic acid groups (broad SMARTS) is 1. The number of hydrogen-bond acceptors (Lipinski definition) is 8. The van der Waals surface area contributed by atoms with E-state index in [1.165, 1.54) is 31.0 Å². The van der Waals surface area contributed by atoms with Crippen molar-refractivity contribution in [3.05, 3.63) is 119 Å². The molecule has 0 radical (unpaired) electrons. The van der Waals surface area contributed by atoms with Gasteiger partial charge in [0.05, 0.1) is 57.4 Å². The van der Waals surface area contributed by atoms with Gasteiger partial charge >= 0.3 is 36.4 Å². The molecule has 0 aliphatic carbocycles. The summed E-state index contributed by atoms with van der Waals surface area (Å²) in [5.74, 6) is -3.12. The number of ether oxygens (including phenoxy) is 2. The molecular weight excluding hydrogens is 855 g/mol. The molecule has 20 heteroatoms. The van der Waals surface area contributed by atoms with Gasteiger partial charge in [0.25, 0.3) is 0 Å². The van der Waals surface area contributed by atoms with Crippen molar-refractivity contribution in [1.29, 1.82) is 0 Å². The topological polar surface area (TPSA) is 143 Å². The third-order valence-corrected chi connectivity index (χ3v) is 7.46. The molecule has 0 spiro atoms. The van der Waals surface area contributed by atoms with E-state index in [-0.39, 0.29) is 39.8 Å². The molecule has 5 aromatic rings. The first-order valence-corrected chi connectivity index (χ1v) is 18.5. The van der Waals surface area contributed by atoms with Crippen LogP contribution in [-0.2, 0) is 42.1 Å². The van der Waals surface area contributed by atoms with E-state index >= 15 is 0 Å². The largest absolute Gasteiger partial charge is 0.478 e. The van der Waals surface area contributed by atoms with E-state index in [0.29, 0.717) is 23.9 Å². The number of aryl methyl sites for hydroxylation is 2. The van der Waals surface area contributed by atoms with Crippen molar-refractivity contribution in [3.63, 3.8) is 0 Å². The highest BCUT2D eigenvalue weighted by Gasteiger charge is 2.34. The van der Waals surface area contributed by atoms with Gasteiger partial charge in [-0.2, -0.15) is 39.5 Å². The van der Waals surface area contributed by atoms with Gasteiger partial charge in [0.2, 0.25) is 0 Å². The molecule has 3 aromatic carbocycles. The predicted octanol–water partition coefficient (Wildman–Crippen LogP) is 11.4. The van der Waals surface area contributed by atoms with Crippen LogP contribution in [0.25, 0.3) is 22.5 Å². The van der Waals surface area contributed by atoms with E-state index in [1.807, 2.05) is 13.8 Å². The molecule has 2 aromatic heterocycles. The number of carbonyl (C=O) groups is 4. The monoisotopic (exact) mass is 900 g/mol. The number of carboxylic acids is 1. The molecule has 2 heterocycles. The average molecular weight is 901 g/mol. The molecule has 0 unspecified atom stereocenters. The van der Waals surface area contributed by atoms with Crippen LogP contribution in [0.2, 0.25) is 0 Å². The number of esters is 2. The molecule has 0 saturated carbocycles. The second-order valence-corrected chi connectivity index (χ2v) is 15.2. The van der Waals surface area contributed by atoms with Crippen molar-refractivity contribution >= 4 is 24.2 Å². The summed E-state index contributed by atoms with van der Waals surface area (Å²) in [6, 6.07) is 8.18. The molecule has 0 amide bonds. The number of aromatic nitrogens is 4. The maximum atomic E-state index is 13.1. The van der Waals surface area contributed by atoms with Crippen LogP contribution in [0.1, 0.15) is 114 Å². The zero-order valence-corrected chi connectivity index (χ0v) is 35.7. The highest BCUT2D eigenvalue weighted by molar-refractivity contribution is 5.93. The van der Waals surface area contributed by atoms with Gasteiger partial charge in [0.15, 0.2) is 0 Å². The molecule has 0 bridgehead atoms. The zero-order chi connectivity index (χ0) is 48.5. The van der Waals surface area contributed by atoms with Gasteiger partial charge in [-0.3, -0.25) is 4.79 Å². The number of hydrogen-bond donors (Lipinski definition) is 1. The number of nitrogens with zero attached hydrogens (tertiary/aromatic N) is 4. The standard InChI is InChI=1S/C16H17F3N2O2.C13H13F3O3.C12H9F3N2O2.C2H6/c1-15(2,3)23-14(22)11-5-10(13-8-21(4)9-20-13)6-12(7-11)16(17,18)19;1-12(2,3)19-11(18)9-4-8(7-17)5-10(6-9)13(14,15)16;1-17-5-10(16-6-17)7-2-8(11(18)19)4-9(3-7)12(13,14)15;1-2/h5-9H,1-4H3;4-7H,1-3H3;2-6H,1H3,(H,18,19);1-2H3. The summed E-state index contributed by atoms with van der Waals surface area (Å²) < 4.78 is 129. The van der Waals surface area contributed by atoms with Gasteiger partial charge < -0.3 is 23.7 Å². The third-order valence-electron chi connectivity index (χ3n) is 7.46. The number of carbonyl (C=O) groups excluding carboxylic acids is 3. The minimum Gasteiger partial charge on any atom is -0.478 e. The van der Waals surface area contributed by atoms with Crippen LogP contribution in [0.4, 0.5) is 39.5 Å². The van der Waals surface area contributed by atoms with Gasteiger partial charge in [-0.25, -0.2) is 24.4 Å². The van der Waals surface area contributed by atoms with E-state index in [4.69, 9.17) is 14.6 Å². The van der Waals surface area contributed by atoms with Crippen molar-refractivity contribution in [2.45, 2.75) is 85.1 Å². The van der Waals surface area contributed by atoms with Crippen LogP contribution in [-0.4, -0.2) is 59.6 Å². The lowest BCUT2D eigenvalue weighted by molar-refractivity contribution is -0.138. The second kappa shape index (κ2) is 20.6. The van der Waals surface area contributed by atoms with E-state index in [1.54, 1.807) is 71.0 Å². The van der Waals surface area contributed by atoms with Gasteiger partial charge in [-0.1, -0.05) is 13.8 Å². The number of alkyl halides is 9. The Morgan fingerprint density at radius 1 is 0.556 bits per heavy atom. The maximum Gasteiger partial charge on any atom is 0.416 e. The van der Waals surface area contributed by atoms with Crippen LogP contribution >= 0.6 is 0 Å². The highest BCUT2D eigenvalue weighted by Crippen LogP contribution is 2.35. The number of benzene rings is 3. The Morgan fingerprint density at radius 3 is 1.19 bits per heavy atom. The van der Waals surface area contributed by atoms with Crippen LogP contribution in [0.15, 0.2) is 79.6 Å². The van der Waals surface area contributed by atoms with E-state index < -0.39 is 69.9 Å². The molecule has 342 valence electrons. The minimum absolute atomic E-state index is 0.118. The summed E-state index contributed by atoms with van der Waals surface area (Å²) in [6.07, 6.45) is -7.55. The molecule has 63 heavy (non-hydrogen) atoms. The fourth-order valence-electron chi connectivity index (χ4n) is 4.92. The quantitative estimate of drug-likeness (QED) is 0.100. The number of halogens is 9. The Kier molecular flexibility index (Phi) is 17.2. The Hall–Kier alpha value is -6.47. The Bertz CT molecular complexity index is 2380. The van der Waals surface area contributed by atoms with Crippen LogP contribution in [0.5, 0.6) is 0 Å². The summed E-state index contributed by atoms with van der Waals surface area (Å²) in [5, 5.41) is 8.86. The summed E-state index contributed by atoms with van der Waals surface area (Å²) in [4.78, 5) is 53.3. The predicted molar refractivity (Wildman–Crippen MR) is 213 cm³/mol. The molecule has 0 aliphatic heterocycles. The van der Waals surface area contributed by atoms with Gasteiger partial charge in [-0.05, 0) is 96.1 Å². The lowest BCUT2D eigenvalue weighted by atomic mass is 10.0. The van der Waals surface area contributed by atoms with Crippen molar-refractivity contribution in [3.8, 4) is 22.5 Å². The maximum absolute atomic E-state index is 13.1. The summed E-state index contributed by atoms with van der Waals surface area (Å²) in [5.41, 5.74) is -4.74. The first kappa shape index (κ1) is 52.7. The lowest BCUT2D eigenvalue weighted by Crippen LogP contribution is -2.24. The van der Waals surface area contributed by atoms with Crippen LogP contribution in [0, 0.1) is 0 Å². The number of rotatable bonds is 6. The smallest absolute Gasteiger partial charge is 0.416 e. The Morgan fingerprint density at radius 2 is 0.889 bits per heavy atom. The Labute approximate surface area is 356 Å². The van der Waals surface area contributed by atoms with Crippen molar-refractivity contribution in [2.75, 3.05) is 0 Å². The number of aldehydes is 1. The first-order chi connectivity index (χ1) is 28.8. The molecule has 0 aliphatic rings. The number of aromatic carboxylic acids is 1. The molecule has 5 rings (SSSR count). The van der Waals surface area contributed by atoms with Gasteiger partial charge in [0, 0.05) is 43.2 Å². The second-order valence-electron chi connectivity index (χ2n) is 15.2. The van der Waals surface area contributed by atoms with Crippen LogP contribution in [0.3, 0.4) is 0 Å². The normalized spacial score (nSPS) is 11.7. The van der Waals surface area contributed by atoms with Crippen molar-refractivity contribution in [2.24, 2.45) is 14.1 Å². The molecular formula is C43H45F9N4O7. The average Bonchev–Trinajstić information content (AvgIpc) is 3.81. The number of imidazole rings is 2. The van der Waals surface area contributed by atoms with Crippen molar-refractivity contribution in [1.82, 2.24) is 19.1 Å². The fourth-order valence-corrected chi connectivity index (χ4v) is 4.92. The summed E-state index contributed by atoms with van der Waals surface area (Å²) in [7, 11) is 3.38. The summed E-state index contributed by atoms with van der Waals surface area (Å²) in [6.45, 7) is 13.7. The molecule has 0 atom stereocenters. The van der Waals surface area contributed by atoms with E-state index in [0.717, 1.165) is 24.3 Å². The zero-order valence-electron chi connectivity index (χ0n) is 35.7. The minimum atomic E-state index is -4.63. The van der Waals surface area contributed by atoms with E-state index in [9.17, 15) is 58.7 Å². The van der Waals surface area contributed by atoms with Crippen LogP contribution < -0.4 is 0 Å². The lowest BCUT2D eigenvalue weighted by Gasteiger charge is -2.20. The van der Waals surface area contributed by atoms with Gasteiger partial charge in [0.1, 0.15) is 17.5 Å². The fraction of sp³-hybridized carbons (Fsp3) is 0.349. The SMILES string of the molecule is CC.CC(C)(C)OC(=O)c1cc(C=O)cc(C(F)(F)F)c1.Cn1cnc(-c2cc(C(=O)O)cc(C(F)(F)F)c2)c1.Cn1cnc(-c2cc(C(=O)OC(C)(C)C)cc(C(F)(F)F)c2)c1. The molecule has 0 saturated heterocycles. The van der Waals surface area contributed by atoms with E-state index in [2.05, 4.69) is 9.97 Å². The Balaban J connectivity index is 0.000000321. The molecule has 11 nitrogen and oxygen atoms in total. The van der Waals surface area contributed by atoms with Gasteiger partial charge in [-0.15, -0.1) is 0 Å². The van der Waals surface area contributed by atoms with Crippen molar-refractivity contribution < 1.29 is 73.3 Å². The summed E-state index contributed by atoms with van der Waals surface area (Å²) >= 11 is 0. The highest BCUT2D eigenvalue weighted by atomic mass is 19.4. The molecule has 1 N–H and O–H groups in total.